The predicted molar refractivity (Wildman–Crippen MR) is 71.8 cm³/mol. The molecule has 0 saturated heterocycles. The van der Waals surface area contributed by atoms with E-state index >= 15 is 0 Å². The summed E-state index contributed by atoms with van der Waals surface area (Å²) in [7, 11) is 1.67. The Morgan fingerprint density at radius 2 is 1.94 bits per heavy atom. The lowest BCUT2D eigenvalue weighted by molar-refractivity contribution is 0.621. The van der Waals surface area contributed by atoms with Crippen LogP contribution in [0, 0.1) is 5.82 Å². The third kappa shape index (κ3) is 3.05. The van der Waals surface area contributed by atoms with Gasteiger partial charge in [0.25, 0.3) is 0 Å². The molecule has 8 heteroatoms. The number of hydrogen-bond acceptors (Lipinski definition) is 5. The normalized spacial score (nSPS) is 10.2. The largest absolute Gasteiger partial charge is 0.357 e. The van der Waals surface area contributed by atoms with E-state index in [1.807, 2.05) is 0 Å². The number of nitrogens with one attached hydrogen (secondary N) is 2. The van der Waals surface area contributed by atoms with E-state index in [1.54, 1.807) is 19.2 Å². The Bertz CT molecular complexity index is 580. The van der Waals surface area contributed by atoms with Gasteiger partial charge in [-0.3, -0.25) is 0 Å². The summed E-state index contributed by atoms with van der Waals surface area (Å²) in [6, 6.07) is 4.47. The van der Waals surface area contributed by atoms with Crippen LogP contribution >= 0.6 is 27.5 Å². The number of hydrogen-bond donors (Lipinski definition) is 2. The van der Waals surface area contributed by atoms with Crippen LogP contribution in [0.2, 0.25) is 5.28 Å². The predicted octanol–water partition coefficient (Wildman–Crippen LogP) is 3.21. The van der Waals surface area contributed by atoms with E-state index in [1.165, 1.54) is 6.07 Å². The van der Waals surface area contributed by atoms with Crippen molar-refractivity contribution in [3.05, 3.63) is 33.8 Å². The van der Waals surface area contributed by atoms with Gasteiger partial charge in [-0.1, -0.05) is 0 Å². The number of rotatable bonds is 3. The molecule has 2 rings (SSSR count). The maximum atomic E-state index is 13.1. The monoisotopic (exact) mass is 331 g/mol. The Labute approximate surface area is 116 Å². The van der Waals surface area contributed by atoms with E-state index in [2.05, 4.69) is 41.5 Å². The number of benzene rings is 1. The van der Waals surface area contributed by atoms with Gasteiger partial charge in [0, 0.05) is 12.7 Å². The van der Waals surface area contributed by atoms with E-state index in [-0.39, 0.29) is 17.0 Å². The highest BCUT2D eigenvalue weighted by Gasteiger charge is 2.05. The summed E-state index contributed by atoms with van der Waals surface area (Å²) in [6.07, 6.45) is 0. The number of aromatic nitrogens is 3. The van der Waals surface area contributed by atoms with Gasteiger partial charge in [0.05, 0.1) is 4.47 Å². The molecule has 0 spiro atoms. The second-order valence-corrected chi connectivity index (χ2v) is 4.45. The van der Waals surface area contributed by atoms with Gasteiger partial charge in [-0.25, -0.2) is 4.39 Å². The number of nitrogens with zero attached hydrogens (tertiary/aromatic N) is 3. The molecule has 0 atom stereocenters. The Morgan fingerprint density at radius 1 is 1.22 bits per heavy atom. The second-order valence-electron chi connectivity index (χ2n) is 3.26. The van der Waals surface area contributed by atoms with Crippen LogP contribution in [-0.4, -0.2) is 22.0 Å². The van der Waals surface area contributed by atoms with Gasteiger partial charge in [0.2, 0.25) is 17.2 Å². The molecule has 0 aliphatic heterocycles. The van der Waals surface area contributed by atoms with Crippen LogP contribution in [-0.2, 0) is 0 Å². The molecule has 1 aromatic heterocycles. The van der Waals surface area contributed by atoms with E-state index in [4.69, 9.17) is 11.6 Å². The van der Waals surface area contributed by atoms with Crippen molar-refractivity contribution in [1.82, 2.24) is 15.0 Å². The summed E-state index contributed by atoms with van der Waals surface area (Å²) in [5, 5.41) is 5.73. The summed E-state index contributed by atoms with van der Waals surface area (Å²) in [4.78, 5) is 11.8. The lowest BCUT2D eigenvalue weighted by Gasteiger charge is -2.07. The fraction of sp³-hybridized carbons (Fsp3) is 0.100. The van der Waals surface area contributed by atoms with Gasteiger partial charge in [0.15, 0.2) is 0 Å². The van der Waals surface area contributed by atoms with Crippen LogP contribution < -0.4 is 10.6 Å². The molecular formula is C10H8BrClFN5. The van der Waals surface area contributed by atoms with Crippen molar-refractivity contribution >= 4 is 45.1 Å². The van der Waals surface area contributed by atoms with Crippen molar-refractivity contribution in [2.75, 3.05) is 17.7 Å². The molecule has 0 aliphatic carbocycles. The van der Waals surface area contributed by atoms with Gasteiger partial charge < -0.3 is 10.6 Å². The van der Waals surface area contributed by atoms with Crippen LogP contribution in [0.1, 0.15) is 0 Å². The van der Waals surface area contributed by atoms with Crippen LogP contribution in [0.5, 0.6) is 0 Å². The van der Waals surface area contributed by atoms with Crippen molar-refractivity contribution in [1.29, 1.82) is 0 Å². The quantitative estimate of drug-likeness (QED) is 0.903. The Hall–Kier alpha value is -1.47. The third-order valence-electron chi connectivity index (χ3n) is 2.01. The highest BCUT2D eigenvalue weighted by Crippen LogP contribution is 2.22. The SMILES string of the molecule is CNc1nc(Cl)nc(Nc2ccc(F)c(Br)c2)n1. The van der Waals surface area contributed by atoms with Gasteiger partial charge in [0.1, 0.15) is 5.82 Å². The lowest BCUT2D eigenvalue weighted by atomic mass is 10.3. The minimum Gasteiger partial charge on any atom is -0.357 e. The molecule has 0 fully saturated rings. The van der Waals surface area contributed by atoms with E-state index in [9.17, 15) is 4.39 Å². The Kier molecular flexibility index (Phi) is 3.93. The number of halogens is 3. The van der Waals surface area contributed by atoms with Crippen molar-refractivity contribution in [3.8, 4) is 0 Å². The van der Waals surface area contributed by atoms with E-state index in [0.717, 1.165) is 0 Å². The summed E-state index contributed by atoms with van der Waals surface area (Å²) in [5.74, 6) is 0.279. The molecule has 0 unspecified atom stereocenters. The first kappa shape index (κ1) is 13.0. The average molecular weight is 333 g/mol. The third-order valence-corrected chi connectivity index (χ3v) is 2.78. The van der Waals surface area contributed by atoms with Crippen LogP contribution in [0.25, 0.3) is 0 Å². The highest BCUT2D eigenvalue weighted by molar-refractivity contribution is 9.10. The van der Waals surface area contributed by atoms with E-state index < -0.39 is 0 Å². The zero-order valence-electron chi connectivity index (χ0n) is 9.21. The zero-order valence-corrected chi connectivity index (χ0v) is 11.5. The first-order chi connectivity index (χ1) is 8.58. The molecule has 0 radical (unpaired) electrons. The molecule has 2 aromatic rings. The van der Waals surface area contributed by atoms with Crippen molar-refractivity contribution in [2.24, 2.45) is 0 Å². The minimum absolute atomic E-state index is 0.0676. The molecule has 1 heterocycles. The Morgan fingerprint density at radius 3 is 2.61 bits per heavy atom. The summed E-state index contributed by atoms with van der Waals surface area (Å²) >= 11 is 8.84. The average Bonchev–Trinajstić information content (AvgIpc) is 2.33. The smallest absolute Gasteiger partial charge is 0.233 e. The van der Waals surface area contributed by atoms with Gasteiger partial charge in [-0.05, 0) is 45.7 Å². The van der Waals surface area contributed by atoms with Crippen molar-refractivity contribution in [2.45, 2.75) is 0 Å². The van der Waals surface area contributed by atoms with Crippen LogP contribution in [0.3, 0.4) is 0 Å². The zero-order chi connectivity index (χ0) is 13.1. The maximum Gasteiger partial charge on any atom is 0.233 e. The highest BCUT2D eigenvalue weighted by atomic mass is 79.9. The van der Waals surface area contributed by atoms with Crippen LogP contribution in [0.15, 0.2) is 22.7 Å². The first-order valence-electron chi connectivity index (χ1n) is 4.90. The fourth-order valence-corrected chi connectivity index (χ4v) is 1.76. The molecule has 1 aromatic carbocycles. The minimum atomic E-state index is -0.342. The van der Waals surface area contributed by atoms with Gasteiger partial charge in [-0.15, -0.1) is 0 Å². The fourth-order valence-electron chi connectivity index (χ4n) is 1.22. The first-order valence-corrected chi connectivity index (χ1v) is 6.07. The summed E-state index contributed by atoms with van der Waals surface area (Å²) in [5.41, 5.74) is 0.632. The summed E-state index contributed by atoms with van der Waals surface area (Å²) < 4.78 is 13.4. The maximum absolute atomic E-state index is 13.1. The molecule has 0 aliphatic rings. The topological polar surface area (TPSA) is 62.7 Å². The standard InChI is InChI=1S/C10H8BrClFN5/c1-14-9-16-8(12)17-10(18-9)15-5-2-3-7(13)6(11)4-5/h2-4H,1H3,(H2,14,15,16,17,18). The number of anilines is 3. The molecule has 5 nitrogen and oxygen atoms in total. The van der Waals surface area contributed by atoms with Crippen LogP contribution in [0.4, 0.5) is 22.0 Å². The van der Waals surface area contributed by atoms with Gasteiger partial charge in [-0.2, -0.15) is 15.0 Å². The van der Waals surface area contributed by atoms with E-state index in [0.29, 0.717) is 16.1 Å². The van der Waals surface area contributed by atoms with Crippen molar-refractivity contribution in [3.63, 3.8) is 0 Å². The van der Waals surface area contributed by atoms with Gasteiger partial charge >= 0.3 is 0 Å². The molecule has 0 amide bonds. The molecule has 0 bridgehead atoms. The molecule has 94 valence electrons. The molecular weight excluding hydrogens is 324 g/mol. The second kappa shape index (κ2) is 5.45. The molecule has 18 heavy (non-hydrogen) atoms. The summed E-state index contributed by atoms with van der Waals surface area (Å²) in [6.45, 7) is 0. The molecule has 2 N–H and O–H groups in total. The Balaban J connectivity index is 2.27. The van der Waals surface area contributed by atoms with Crippen molar-refractivity contribution < 1.29 is 4.39 Å². The lowest BCUT2D eigenvalue weighted by Crippen LogP contribution is -2.03. The molecule has 0 saturated carbocycles.